The van der Waals surface area contributed by atoms with E-state index >= 15 is 0 Å². The van der Waals surface area contributed by atoms with Crippen molar-refractivity contribution in [3.8, 4) is 0 Å². The molecule has 1 aliphatic heterocycles. The molecule has 0 unspecified atom stereocenters. The van der Waals surface area contributed by atoms with E-state index in [0.29, 0.717) is 65.3 Å². The van der Waals surface area contributed by atoms with Gasteiger partial charge in [-0.25, -0.2) is 0 Å². The molecule has 0 saturated carbocycles. The molecule has 0 aliphatic carbocycles. The molecule has 1 fully saturated rings. The summed E-state index contributed by atoms with van der Waals surface area (Å²) in [4.78, 5) is 52.0. The Morgan fingerprint density at radius 2 is 0.648 bits per heavy atom. The fraction of sp³-hybridized carbons (Fsp3) is 0.919. The third-order valence-corrected chi connectivity index (χ3v) is 15.1. The van der Waals surface area contributed by atoms with Gasteiger partial charge < -0.3 is 19.4 Å². The molecule has 418 valence electrons. The molecular formula is C62H121N5O4. The highest BCUT2D eigenvalue weighted by Gasteiger charge is 2.26. The lowest BCUT2D eigenvalue weighted by molar-refractivity contribution is -0.142. The van der Waals surface area contributed by atoms with Gasteiger partial charge in [-0.05, 0) is 71.2 Å². The fourth-order valence-electron chi connectivity index (χ4n) is 10.2. The second-order valence-electron chi connectivity index (χ2n) is 21.8. The van der Waals surface area contributed by atoms with Crippen LogP contribution in [0.15, 0.2) is 12.2 Å². The number of esters is 1. The summed E-state index contributed by atoms with van der Waals surface area (Å²) < 4.78 is 5.48. The lowest BCUT2D eigenvalue weighted by atomic mass is 10.1. The Kier molecular flexibility index (Phi) is 48.6. The van der Waals surface area contributed by atoms with Crippen molar-refractivity contribution < 1.29 is 19.1 Å². The normalized spacial score (nSPS) is 13.2. The summed E-state index contributed by atoms with van der Waals surface area (Å²) in [6, 6.07) is 0. The number of piperazine rings is 1. The zero-order chi connectivity index (χ0) is 51.5. The Morgan fingerprint density at radius 3 is 1.01 bits per heavy atom. The Balaban J connectivity index is 2.81. The molecule has 0 aromatic carbocycles. The molecule has 9 heteroatoms. The predicted molar refractivity (Wildman–Crippen MR) is 306 cm³/mol. The molecule has 0 bridgehead atoms. The molecule has 71 heavy (non-hydrogen) atoms. The molecule has 1 aliphatic rings. The Hall–Kier alpha value is -1.97. The highest BCUT2D eigenvalue weighted by Crippen LogP contribution is 2.15. The fourth-order valence-corrected chi connectivity index (χ4v) is 10.2. The number of allylic oxidation sites excluding steroid dienone is 1. The maximum atomic E-state index is 14.1. The molecule has 0 radical (unpaired) electrons. The van der Waals surface area contributed by atoms with Crippen LogP contribution in [0.5, 0.6) is 0 Å². The highest BCUT2D eigenvalue weighted by atomic mass is 16.5. The van der Waals surface area contributed by atoms with Crippen molar-refractivity contribution in [1.82, 2.24) is 24.5 Å². The zero-order valence-corrected chi connectivity index (χ0v) is 48.3. The molecule has 0 spiro atoms. The number of carbonyl (C=O) groups excluding carboxylic acids is 3. The van der Waals surface area contributed by atoms with Crippen molar-refractivity contribution in [3.63, 3.8) is 0 Å². The summed E-state index contributed by atoms with van der Waals surface area (Å²) in [7, 11) is 0. The third-order valence-electron chi connectivity index (χ3n) is 15.1. The minimum atomic E-state index is -0.159. The third kappa shape index (κ3) is 42.0. The first-order valence-electron chi connectivity index (χ1n) is 31.4. The Bertz CT molecular complexity index is 1190. The smallest absolute Gasteiger partial charge is 0.306 e. The maximum Gasteiger partial charge on any atom is 0.306 e. The van der Waals surface area contributed by atoms with Crippen LogP contribution in [-0.2, 0) is 19.1 Å². The molecule has 0 N–H and O–H groups in total. The molecule has 1 rings (SSSR count). The van der Waals surface area contributed by atoms with Crippen molar-refractivity contribution >= 4 is 17.8 Å². The van der Waals surface area contributed by atoms with Crippen molar-refractivity contribution in [3.05, 3.63) is 12.2 Å². The molecule has 0 aromatic heterocycles. The van der Waals surface area contributed by atoms with Crippen LogP contribution in [0.3, 0.4) is 0 Å². The van der Waals surface area contributed by atoms with Gasteiger partial charge in [-0.2, -0.15) is 0 Å². The SMILES string of the molecule is CCCC/C=C\COC(=O)CCCN(CCCCCCCCCCCCCC)CC(=O)N1CCN(C(=O)CN(CCCCCCCCC)CCN(CCCCCCCCC)CCCCCCCCC)CC1. The van der Waals surface area contributed by atoms with E-state index in [1.165, 1.54) is 212 Å². The van der Waals surface area contributed by atoms with Crippen molar-refractivity contribution in [1.29, 1.82) is 0 Å². The largest absolute Gasteiger partial charge is 0.461 e. The second kappa shape index (κ2) is 51.5. The standard InChI is InChI=1S/C62H121N5O4/c1-6-11-16-21-25-26-27-28-29-33-37-41-48-64(50-44-45-62(70)71-57-43-38-20-15-10-5)58-60(68)66-53-55-67(56-54-66)61(69)59-65(49-42-36-32-24-19-14-9-4)52-51-63(46-39-34-30-22-17-12-7-2)47-40-35-31-23-18-13-8-3/h38,43H,6-37,39-42,44-59H2,1-5H3/b43-38-. The predicted octanol–water partition coefficient (Wildman–Crippen LogP) is 15.6. The van der Waals surface area contributed by atoms with Crippen LogP contribution in [0.1, 0.15) is 279 Å². The van der Waals surface area contributed by atoms with Crippen LogP contribution in [0.2, 0.25) is 0 Å². The summed E-state index contributed by atoms with van der Waals surface area (Å²) in [5, 5.41) is 0. The number of hydrogen-bond acceptors (Lipinski definition) is 7. The number of carbonyl (C=O) groups is 3. The Morgan fingerprint density at radius 1 is 0.352 bits per heavy atom. The van der Waals surface area contributed by atoms with Crippen LogP contribution in [-0.4, -0.2) is 134 Å². The van der Waals surface area contributed by atoms with Gasteiger partial charge in [-0.1, -0.05) is 246 Å². The van der Waals surface area contributed by atoms with E-state index in [0.717, 1.165) is 58.3 Å². The summed E-state index contributed by atoms with van der Waals surface area (Å²) in [5.41, 5.74) is 0. The lowest BCUT2D eigenvalue weighted by Crippen LogP contribution is -2.54. The summed E-state index contributed by atoms with van der Waals surface area (Å²) >= 11 is 0. The number of rotatable bonds is 53. The van der Waals surface area contributed by atoms with Crippen LogP contribution in [0.4, 0.5) is 0 Å². The van der Waals surface area contributed by atoms with Crippen molar-refractivity contribution in [2.75, 3.05) is 91.7 Å². The average Bonchev–Trinajstić information content (AvgIpc) is 3.37. The zero-order valence-electron chi connectivity index (χ0n) is 48.3. The van der Waals surface area contributed by atoms with E-state index in [1.54, 1.807) is 0 Å². The molecule has 0 aromatic rings. The molecule has 0 atom stereocenters. The quantitative estimate of drug-likeness (QED) is 0.0341. The van der Waals surface area contributed by atoms with E-state index in [-0.39, 0.29) is 17.8 Å². The van der Waals surface area contributed by atoms with Gasteiger partial charge in [0.15, 0.2) is 0 Å². The maximum absolute atomic E-state index is 14.1. The van der Waals surface area contributed by atoms with Crippen LogP contribution in [0, 0.1) is 0 Å². The second-order valence-corrected chi connectivity index (χ2v) is 21.8. The molecule has 9 nitrogen and oxygen atoms in total. The molecule has 1 saturated heterocycles. The van der Waals surface area contributed by atoms with E-state index in [2.05, 4.69) is 55.4 Å². The number of amides is 2. The van der Waals surface area contributed by atoms with E-state index < -0.39 is 0 Å². The minimum Gasteiger partial charge on any atom is -0.461 e. The van der Waals surface area contributed by atoms with Gasteiger partial charge in [0, 0.05) is 45.7 Å². The van der Waals surface area contributed by atoms with Gasteiger partial charge in [0.05, 0.1) is 13.1 Å². The summed E-state index contributed by atoms with van der Waals surface area (Å²) in [6.07, 6.45) is 51.9. The monoisotopic (exact) mass is 1000 g/mol. The first-order valence-corrected chi connectivity index (χ1v) is 31.4. The van der Waals surface area contributed by atoms with Crippen molar-refractivity contribution in [2.24, 2.45) is 0 Å². The molecule has 2 amide bonds. The first kappa shape index (κ1) is 67.0. The summed E-state index contributed by atoms with van der Waals surface area (Å²) in [6.45, 7) is 21.9. The lowest BCUT2D eigenvalue weighted by Gasteiger charge is -2.37. The average molecular weight is 1000 g/mol. The van der Waals surface area contributed by atoms with Crippen LogP contribution < -0.4 is 0 Å². The first-order chi connectivity index (χ1) is 34.9. The molecule has 1 heterocycles. The van der Waals surface area contributed by atoms with E-state index in [4.69, 9.17) is 4.74 Å². The molecular weight excluding hydrogens is 879 g/mol. The van der Waals surface area contributed by atoms with Gasteiger partial charge in [0.25, 0.3) is 0 Å². The highest BCUT2D eigenvalue weighted by molar-refractivity contribution is 5.80. The van der Waals surface area contributed by atoms with Gasteiger partial charge >= 0.3 is 5.97 Å². The number of nitrogens with zero attached hydrogens (tertiary/aromatic N) is 5. The Labute approximate surface area is 442 Å². The van der Waals surface area contributed by atoms with Crippen LogP contribution in [0.25, 0.3) is 0 Å². The van der Waals surface area contributed by atoms with Gasteiger partial charge in [-0.3, -0.25) is 24.2 Å². The number of unbranched alkanes of at least 4 members (excludes halogenated alkanes) is 31. The van der Waals surface area contributed by atoms with Gasteiger partial charge in [-0.15, -0.1) is 0 Å². The van der Waals surface area contributed by atoms with Gasteiger partial charge in [0.2, 0.25) is 11.8 Å². The van der Waals surface area contributed by atoms with Gasteiger partial charge in [0.1, 0.15) is 6.61 Å². The number of ether oxygens (including phenoxy) is 1. The van der Waals surface area contributed by atoms with E-state index in [1.807, 2.05) is 15.9 Å². The topological polar surface area (TPSA) is 76.6 Å². The van der Waals surface area contributed by atoms with Crippen LogP contribution >= 0.6 is 0 Å². The van der Waals surface area contributed by atoms with E-state index in [9.17, 15) is 14.4 Å². The minimum absolute atomic E-state index is 0.151. The number of hydrogen-bond donors (Lipinski definition) is 0. The van der Waals surface area contributed by atoms with Crippen molar-refractivity contribution in [2.45, 2.75) is 279 Å². The summed E-state index contributed by atoms with van der Waals surface area (Å²) in [5.74, 6) is 0.217.